The van der Waals surface area contributed by atoms with Crippen molar-refractivity contribution in [3.05, 3.63) is 30.3 Å². The minimum absolute atomic E-state index is 0.475. The van der Waals surface area contributed by atoms with Crippen LogP contribution >= 0.6 is 34.8 Å². The topological polar surface area (TPSA) is 41.1 Å². The zero-order valence-electron chi connectivity index (χ0n) is 7.58. The number of para-hydroxylation sites is 1. The van der Waals surface area contributed by atoms with Gasteiger partial charge < -0.3 is 10.6 Å². The van der Waals surface area contributed by atoms with E-state index in [1.165, 1.54) is 0 Å². The number of alkyl halides is 3. The molecule has 1 aromatic carbocycles. The van der Waals surface area contributed by atoms with E-state index >= 15 is 0 Å². The number of nitrogens with one attached hydrogen (secondary N) is 2. The summed E-state index contributed by atoms with van der Waals surface area (Å²) < 4.78 is -1.61. The summed E-state index contributed by atoms with van der Waals surface area (Å²) in [5.74, 6) is 0. The zero-order valence-corrected chi connectivity index (χ0v) is 9.85. The molecule has 0 bridgehead atoms. The molecule has 0 radical (unpaired) electrons. The third kappa shape index (κ3) is 4.16. The van der Waals surface area contributed by atoms with Gasteiger partial charge in [-0.05, 0) is 12.1 Å². The van der Waals surface area contributed by atoms with Crippen molar-refractivity contribution in [3.63, 3.8) is 0 Å². The van der Waals surface area contributed by atoms with Crippen LogP contribution in [0.3, 0.4) is 0 Å². The predicted molar refractivity (Wildman–Crippen MR) is 63.3 cm³/mol. The molecule has 0 fully saturated rings. The van der Waals surface area contributed by atoms with Gasteiger partial charge in [-0.25, -0.2) is 0 Å². The lowest BCUT2D eigenvalue weighted by atomic mass is 10.3. The maximum Gasteiger partial charge on any atom is 0.228 e. The first-order chi connectivity index (χ1) is 7.04. The van der Waals surface area contributed by atoms with Gasteiger partial charge in [-0.1, -0.05) is 53.0 Å². The SMILES string of the molecule is O=CNC(Nc1ccccc1)C(Cl)(Cl)Cl. The van der Waals surface area contributed by atoms with Gasteiger partial charge in [-0.2, -0.15) is 0 Å². The number of carbonyl (C=O) groups excluding carboxylic acids is 1. The summed E-state index contributed by atoms with van der Waals surface area (Å²) in [5.41, 5.74) is 0.753. The van der Waals surface area contributed by atoms with Crippen molar-refractivity contribution in [1.82, 2.24) is 5.32 Å². The molecule has 0 saturated carbocycles. The Labute approximate surface area is 103 Å². The zero-order chi connectivity index (χ0) is 11.3. The quantitative estimate of drug-likeness (QED) is 0.500. The molecule has 1 amide bonds. The Bertz CT molecular complexity index is 313. The second-order valence-corrected chi connectivity index (χ2v) is 5.14. The molecule has 1 unspecified atom stereocenters. The summed E-state index contributed by atoms with van der Waals surface area (Å²) >= 11 is 17.0. The Morgan fingerprint density at radius 3 is 2.27 bits per heavy atom. The Morgan fingerprint density at radius 1 is 1.20 bits per heavy atom. The molecule has 0 heterocycles. The smallest absolute Gasteiger partial charge is 0.228 e. The van der Waals surface area contributed by atoms with Crippen LogP contribution < -0.4 is 10.6 Å². The van der Waals surface area contributed by atoms with Crippen molar-refractivity contribution in [2.45, 2.75) is 9.96 Å². The van der Waals surface area contributed by atoms with Gasteiger partial charge in [0.2, 0.25) is 10.2 Å². The molecular weight excluding hydrogens is 258 g/mol. The van der Waals surface area contributed by atoms with Gasteiger partial charge in [0.25, 0.3) is 0 Å². The van der Waals surface area contributed by atoms with Crippen LogP contribution in [0.1, 0.15) is 0 Å². The van der Waals surface area contributed by atoms with Crippen LogP contribution in [0, 0.1) is 0 Å². The summed E-state index contributed by atoms with van der Waals surface area (Å²) in [4.78, 5) is 10.3. The van der Waals surface area contributed by atoms with Crippen molar-refractivity contribution in [2.75, 3.05) is 5.32 Å². The van der Waals surface area contributed by atoms with Crippen LogP contribution in [0.2, 0.25) is 0 Å². The molecule has 0 aliphatic rings. The van der Waals surface area contributed by atoms with Gasteiger partial charge in [0.05, 0.1) is 0 Å². The lowest BCUT2D eigenvalue weighted by molar-refractivity contribution is -0.110. The van der Waals surface area contributed by atoms with Crippen molar-refractivity contribution in [2.24, 2.45) is 0 Å². The first kappa shape index (κ1) is 12.4. The van der Waals surface area contributed by atoms with Gasteiger partial charge in [0, 0.05) is 5.69 Å². The van der Waals surface area contributed by atoms with Crippen LogP contribution in [0.25, 0.3) is 0 Å². The van der Waals surface area contributed by atoms with Gasteiger partial charge in [-0.3, -0.25) is 4.79 Å². The van der Waals surface area contributed by atoms with E-state index in [1.54, 1.807) is 12.1 Å². The normalized spacial score (nSPS) is 13.0. The lowest BCUT2D eigenvalue weighted by Crippen LogP contribution is -2.45. The molecule has 82 valence electrons. The molecule has 6 heteroatoms. The molecule has 1 atom stereocenters. The van der Waals surface area contributed by atoms with E-state index < -0.39 is 9.96 Å². The van der Waals surface area contributed by atoms with Crippen molar-refractivity contribution < 1.29 is 4.79 Å². The number of anilines is 1. The van der Waals surface area contributed by atoms with Crippen LogP contribution in [0.15, 0.2) is 30.3 Å². The Balaban J connectivity index is 2.71. The number of hydrogen-bond donors (Lipinski definition) is 2. The van der Waals surface area contributed by atoms with E-state index in [0.29, 0.717) is 6.41 Å². The first-order valence-corrected chi connectivity index (χ1v) is 5.25. The fraction of sp³-hybridized carbons (Fsp3) is 0.222. The maximum absolute atomic E-state index is 10.3. The van der Waals surface area contributed by atoms with Crippen LogP contribution in [0.4, 0.5) is 5.69 Å². The second-order valence-electron chi connectivity index (χ2n) is 2.77. The van der Waals surface area contributed by atoms with Crippen LogP contribution in [-0.2, 0) is 4.79 Å². The Morgan fingerprint density at radius 2 is 1.80 bits per heavy atom. The summed E-state index contributed by atoms with van der Waals surface area (Å²) in [7, 11) is 0. The minimum atomic E-state index is -1.61. The molecule has 15 heavy (non-hydrogen) atoms. The number of benzene rings is 1. The minimum Gasteiger partial charge on any atom is -0.362 e. The molecule has 0 aliphatic heterocycles. The molecule has 1 rings (SSSR count). The summed E-state index contributed by atoms with van der Waals surface area (Å²) in [6, 6.07) is 9.13. The first-order valence-electron chi connectivity index (χ1n) is 4.12. The molecule has 0 aromatic heterocycles. The fourth-order valence-electron chi connectivity index (χ4n) is 0.987. The number of halogens is 3. The molecular formula is C9H9Cl3N2O. The number of hydrogen-bond acceptors (Lipinski definition) is 2. The maximum atomic E-state index is 10.3. The number of amides is 1. The highest BCUT2D eigenvalue weighted by Gasteiger charge is 2.32. The van der Waals surface area contributed by atoms with Crippen LogP contribution in [-0.4, -0.2) is 16.4 Å². The summed E-state index contributed by atoms with van der Waals surface area (Å²) in [6.07, 6.45) is -0.301. The summed E-state index contributed by atoms with van der Waals surface area (Å²) in [6.45, 7) is 0. The Kier molecular flexibility index (Phi) is 4.51. The Hall–Kier alpha value is -0.640. The van der Waals surface area contributed by atoms with E-state index in [-0.39, 0.29) is 0 Å². The van der Waals surface area contributed by atoms with Gasteiger partial charge in [0.1, 0.15) is 6.17 Å². The molecule has 0 spiro atoms. The third-order valence-electron chi connectivity index (χ3n) is 1.65. The van der Waals surface area contributed by atoms with E-state index in [2.05, 4.69) is 10.6 Å². The number of carbonyl (C=O) groups is 1. The average molecular weight is 268 g/mol. The largest absolute Gasteiger partial charge is 0.362 e. The van der Waals surface area contributed by atoms with Gasteiger partial charge >= 0.3 is 0 Å². The molecule has 2 N–H and O–H groups in total. The number of rotatable bonds is 4. The molecule has 3 nitrogen and oxygen atoms in total. The monoisotopic (exact) mass is 266 g/mol. The second kappa shape index (κ2) is 5.45. The average Bonchev–Trinajstić information content (AvgIpc) is 2.17. The van der Waals surface area contributed by atoms with E-state index in [1.807, 2.05) is 18.2 Å². The molecule has 0 aliphatic carbocycles. The fourth-order valence-corrected chi connectivity index (χ4v) is 1.34. The van der Waals surface area contributed by atoms with E-state index in [4.69, 9.17) is 34.8 Å². The summed E-state index contributed by atoms with van der Waals surface area (Å²) in [5, 5.41) is 5.27. The van der Waals surface area contributed by atoms with Crippen LogP contribution in [0.5, 0.6) is 0 Å². The van der Waals surface area contributed by atoms with Gasteiger partial charge in [0.15, 0.2) is 0 Å². The predicted octanol–water partition coefficient (Wildman–Crippen LogP) is 2.54. The van der Waals surface area contributed by atoms with E-state index in [9.17, 15) is 4.79 Å². The standard InChI is InChI=1S/C9H9Cl3N2O/c10-9(11,12)8(13-6-15)14-7-4-2-1-3-5-7/h1-6,8,14H,(H,13,15). The molecule has 1 aromatic rings. The lowest BCUT2D eigenvalue weighted by Gasteiger charge is -2.25. The highest BCUT2D eigenvalue weighted by atomic mass is 35.6. The molecule has 0 saturated heterocycles. The van der Waals surface area contributed by atoms with Crippen molar-refractivity contribution in [3.8, 4) is 0 Å². The highest BCUT2D eigenvalue weighted by molar-refractivity contribution is 6.68. The highest BCUT2D eigenvalue weighted by Crippen LogP contribution is 2.30. The van der Waals surface area contributed by atoms with Crippen molar-refractivity contribution >= 4 is 46.9 Å². The van der Waals surface area contributed by atoms with E-state index in [0.717, 1.165) is 5.69 Å². The third-order valence-corrected chi connectivity index (χ3v) is 2.30. The van der Waals surface area contributed by atoms with Crippen molar-refractivity contribution in [1.29, 1.82) is 0 Å². The van der Waals surface area contributed by atoms with Gasteiger partial charge in [-0.15, -0.1) is 0 Å².